The second-order valence-electron chi connectivity index (χ2n) is 5.71. The third-order valence-electron chi connectivity index (χ3n) is 3.92. The second-order valence-corrected chi connectivity index (χ2v) is 5.71. The van der Waals surface area contributed by atoms with Crippen LogP contribution in [0.5, 0.6) is 0 Å². The standard InChI is InChI=1S/C19H16N4O3/c1-3-25-19(24)18-17(14-6-7-20-10-16(14)26-18)23-13-4-5-15-12(8-13)9-21-11(2)22-15/h4-10,23H,3H2,1-2H3. The number of aryl methyl sites for hydroxylation is 1. The third kappa shape index (κ3) is 2.83. The summed E-state index contributed by atoms with van der Waals surface area (Å²) in [5.41, 5.74) is 2.70. The Morgan fingerprint density at radius 2 is 2.15 bits per heavy atom. The van der Waals surface area contributed by atoms with Crippen molar-refractivity contribution in [3.8, 4) is 0 Å². The number of anilines is 2. The van der Waals surface area contributed by atoms with Gasteiger partial charge in [-0.15, -0.1) is 0 Å². The highest BCUT2D eigenvalue weighted by Crippen LogP contribution is 2.33. The molecule has 3 aromatic heterocycles. The normalized spacial score (nSPS) is 11.0. The SMILES string of the molecule is CCOC(=O)c1oc2cnccc2c1Nc1ccc2nc(C)ncc2c1. The Morgan fingerprint density at radius 1 is 1.27 bits per heavy atom. The topological polar surface area (TPSA) is 90.1 Å². The molecule has 0 bridgehead atoms. The van der Waals surface area contributed by atoms with E-state index in [1.54, 1.807) is 31.6 Å². The lowest BCUT2D eigenvalue weighted by atomic mass is 10.2. The van der Waals surface area contributed by atoms with Gasteiger partial charge in [-0.05, 0) is 38.1 Å². The number of furan rings is 1. The van der Waals surface area contributed by atoms with Crippen LogP contribution in [0.1, 0.15) is 23.3 Å². The molecule has 4 aromatic rings. The summed E-state index contributed by atoms with van der Waals surface area (Å²) >= 11 is 0. The number of nitrogens with zero attached hydrogens (tertiary/aromatic N) is 3. The Labute approximate surface area is 149 Å². The molecule has 7 heteroatoms. The average Bonchev–Trinajstić information content (AvgIpc) is 3.01. The number of fused-ring (bicyclic) bond motifs is 2. The highest BCUT2D eigenvalue weighted by molar-refractivity contribution is 6.05. The summed E-state index contributed by atoms with van der Waals surface area (Å²) in [4.78, 5) is 24.9. The van der Waals surface area contributed by atoms with E-state index in [1.165, 1.54) is 0 Å². The number of carbonyl (C=O) groups is 1. The fourth-order valence-corrected chi connectivity index (χ4v) is 2.76. The maximum atomic E-state index is 12.3. The lowest BCUT2D eigenvalue weighted by molar-refractivity contribution is 0.0494. The van der Waals surface area contributed by atoms with Crippen molar-refractivity contribution in [2.24, 2.45) is 0 Å². The molecular formula is C19H16N4O3. The monoisotopic (exact) mass is 348 g/mol. The third-order valence-corrected chi connectivity index (χ3v) is 3.92. The maximum absolute atomic E-state index is 12.3. The predicted molar refractivity (Wildman–Crippen MR) is 97.5 cm³/mol. The van der Waals surface area contributed by atoms with Crippen LogP contribution in [0.4, 0.5) is 11.4 Å². The van der Waals surface area contributed by atoms with E-state index in [1.807, 2.05) is 25.1 Å². The number of benzene rings is 1. The minimum atomic E-state index is -0.522. The number of pyridine rings is 1. The summed E-state index contributed by atoms with van der Waals surface area (Å²) in [6, 6.07) is 7.51. The highest BCUT2D eigenvalue weighted by atomic mass is 16.5. The predicted octanol–water partition coefficient (Wildman–Crippen LogP) is 4.00. The highest BCUT2D eigenvalue weighted by Gasteiger charge is 2.22. The molecule has 0 radical (unpaired) electrons. The Hall–Kier alpha value is -3.48. The Kier molecular flexibility index (Phi) is 3.96. The van der Waals surface area contributed by atoms with Crippen LogP contribution in [0.15, 0.2) is 47.3 Å². The summed E-state index contributed by atoms with van der Waals surface area (Å²) in [6.07, 6.45) is 4.99. The van der Waals surface area contributed by atoms with Crippen molar-refractivity contribution in [1.29, 1.82) is 0 Å². The van der Waals surface area contributed by atoms with Gasteiger partial charge in [0, 0.05) is 28.9 Å². The van der Waals surface area contributed by atoms with E-state index >= 15 is 0 Å². The smallest absolute Gasteiger partial charge is 0.376 e. The van der Waals surface area contributed by atoms with E-state index in [0.29, 0.717) is 11.3 Å². The van der Waals surface area contributed by atoms with Gasteiger partial charge < -0.3 is 14.5 Å². The summed E-state index contributed by atoms with van der Waals surface area (Å²) in [5, 5.41) is 4.91. The molecule has 0 spiro atoms. The molecule has 0 aliphatic rings. The van der Waals surface area contributed by atoms with Crippen molar-refractivity contribution in [2.45, 2.75) is 13.8 Å². The molecule has 0 atom stereocenters. The lowest BCUT2D eigenvalue weighted by Gasteiger charge is -2.08. The zero-order valence-electron chi connectivity index (χ0n) is 14.3. The zero-order chi connectivity index (χ0) is 18.1. The zero-order valence-corrected chi connectivity index (χ0v) is 14.3. The van der Waals surface area contributed by atoms with Gasteiger partial charge in [-0.1, -0.05) is 0 Å². The van der Waals surface area contributed by atoms with Gasteiger partial charge in [0.1, 0.15) is 11.5 Å². The number of nitrogens with one attached hydrogen (secondary N) is 1. The van der Waals surface area contributed by atoms with Crippen LogP contribution in [-0.4, -0.2) is 27.5 Å². The van der Waals surface area contributed by atoms with Crippen molar-refractivity contribution < 1.29 is 13.9 Å². The largest absolute Gasteiger partial charge is 0.460 e. The van der Waals surface area contributed by atoms with Gasteiger partial charge in [0.25, 0.3) is 0 Å². The van der Waals surface area contributed by atoms with Crippen LogP contribution in [0.25, 0.3) is 21.9 Å². The van der Waals surface area contributed by atoms with E-state index in [9.17, 15) is 4.79 Å². The number of carbonyl (C=O) groups excluding carboxylic acids is 1. The van der Waals surface area contributed by atoms with Gasteiger partial charge in [0.15, 0.2) is 5.58 Å². The fourth-order valence-electron chi connectivity index (χ4n) is 2.76. The summed E-state index contributed by atoms with van der Waals surface area (Å²) < 4.78 is 10.8. The van der Waals surface area contributed by atoms with Gasteiger partial charge in [0.05, 0.1) is 18.3 Å². The number of hydrogen-bond acceptors (Lipinski definition) is 7. The molecule has 1 N–H and O–H groups in total. The van der Waals surface area contributed by atoms with Crippen LogP contribution < -0.4 is 5.32 Å². The van der Waals surface area contributed by atoms with E-state index < -0.39 is 5.97 Å². The molecule has 0 aliphatic carbocycles. The molecule has 0 fully saturated rings. The van der Waals surface area contributed by atoms with Crippen molar-refractivity contribution >= 4 is 39.2 Å². The van der Waals surface area contributed by atoms with Gasteiger partial charge >= 0.3 is 5.97 Å². The number of esters is 1. The number of hydrogen-bond donors (Lipinski definition) is 1. The molecule has 0 amide bonds. The molecule has 0 aliphatic heterocycles. The molecule has 3 heterocycles. The molecular weight excluding hydrogens is 332 g/mol. The number of ether oxygens (including phenoxy) is 1. The first-order valence-corrected chi connectivity index (χ1v) is 8.20. The van der Waals surface area contributed by atoms with Crippen molar-refractivity contribution in [3.63, 3.8) is 0 Å². The summed E-state index contributed by atoms with van der Waals surface area (Å²) in [5.74, 6) is 0.317. The summed E-state index contributed by atoms with van der Waals surface area (Å²) in [7, 11) is 0. The minimum Gasteiger partial charge on any atom is -0.460 e. The van der Waals surface area contributed by atoms with E-state index in [-0.39, 0.29) is 12.4 Å². The minimum absolute atomic E-state index is 0.120. The van der Waals surface area contributed by atoms with Crippen LogP contribution >= 0.6 is 0 Å². The quantitative estimate of drug-likeness (QED) is 0.557. The van der Waals surface area contributed by atoms with Crippen LogP contribution in [0.2, 0.25) is 0 Å². The molecule has 0 unspecified atom stereocenters. The lowest BCUT2D eigenvalue weighted by Crippen LogP contribution is -2.06. The first-order valence-electron chi connectivity index (χ1n) is 8.20. The van der Waals surface area contributed by atoms with Gasteiger partial charge in [-0.3, -0.25) is 4.98 Å². The van der Waals surface area contributed by atoms with E-state index in [4.69, 9.17) is 9.15 Å². The maximum Gasteiger partial charge on any atom is 0.376 e. The molecule has 130 valence electrons. The molecule has 4 rings (SSSR count). The van der Waals surface area contributed by atoms with Crippen molar-refractivity contribution in [3.05, 3.63) is 54.4 Å². The number of aromatic nitrogens is 3. The second kappa shape index (κ2) is 6.44. The van der Waals surface area contributed by atoms with E-state index in [0.717, 1.165) is 27.8 Å². The Bertz CT molecular complexity index is 1120. The average molecular weight is 348 g/mol. The molecule has 0 saturated carbocycles. The van der Waals surface area contributed by atoms with Gasteiger partial charge in [-0.25, -0.2) is 14.8 Å². The Balaban J connectivity index is 1.79. The fraction of sp³-hybridized carbons (Fsp3) is 0.158. The molecule has 26 heavy (non-hydrogen) atoms. The first kappa shape index (κ1) is 16.0. The van der Waals surface area contributed by atoms with E-state index in [2.05, 4.69) is 20.3 Å². The van der Waals surface area contributed by atoms with Gasteiger partial charge in [0.2, 0.25) is 5.76 Å². The van der Waals surface area contributed by atoms with Crippen molar-refractivity contribution in [1.82, 2.24) is 15.0 Å². The Morgan fingerprint density at radius 3 is 3.00 bits per heavy atom. The van der Waals surface area contributed by atoms with Crippen LogP contribution in [-0.2, 0) is 4.74 Å². The van der Waals surface area contributed by atoms with Crippen LogP contribution in [0.3, 0.4) is 0 Å². The summed E-state index contributed by atoms with van der Waals surface area (Å²) in [6.45, 7) is 3.86. The molecule has 7 nitrogen and oxygen atoms in total. The van der Waals surface area contributed by atoms with Crippen molar-refractivity contribution in [2.75, 3.05) is 11.9 Å². The molecule has 0 saturated heterocycles. The van der Waals surface area contributed by atoms with Gasteiger partial charge in [-0.2, -0.15) is 0 Å². The van der Waals surface area contributed by atoms with Crippen LogP contribution in [0, 0.1) is 6.92 Å². The molecule has 1 aromatic carbocycles. The number of rotatable bonds is 4. The first-order chi connectivity index (χ1) is 12.7.